The number of aromatic nitrogens is 5. The predicted molar refractivity (Wildman–Crippen MR) is 142 cm³/mol. The highest BCUT2D eigenvalue weighted by Crippen LogP contribution is 2.32. The molecular weight excluding hydrogens is 500 g/mol. The van der Waals surface area contributed by atoms with E-state index in [4.69, 9.17) is 11.6 Å². The van der Waals surface area contributed by atoms with Crippen LogP contribution >= 0.6 is 34.7 Å². The lowest BCUT2D eigenvalue weighted by molar-refractivity contribution is 0.0750. The fourth-order valence-corrected chi connectivity index (χ4v) is 5.60. The lowest BCUT2D eigenvalue weighted by Gasteiger charge is -2.20. The molecule has 0 aliphatic heterocycles. The zero-order valence-corrected chi connectivity index (χ0v) is 22.3. The number of benzene rings is 1. The van der Waals surface area contributed by atoms with Gasteiger partial charge in [0, 0.05) is 41.4 Å². The van der Waals surface area contributed by atoms with Gasteiger partial charge in [-0.05, 0) is 49.6 Å². The summed E-state index contributed by atoms with van der Waals surface area (Å²) in [4.78, 5) is 23.6. The molecule has 0 bridgehead atoms. The minimum Gasteiger partial charge on any atom is -0.337 e. The standard InChI is InChI=1S/C25H27ClN6OS2/c1-4-11-31(12-5-2)24(33)20-15-34-22(28-20)16-35-25-30-29-23(18-7-6-10-27-14-18)32(25)21-13-19(26)9-8-17(21)3/h6-10,13-15H,4-5,11-12,16H2,1-3H3. The Kier molecular flexibility index (Phi) is 8.54. The minimum atomic E-state index is -0.00205. The van der Waals surface area contributed by atoms with Crippen LogP contribution in [-0.4, -0.2) is 48.6 Å². The molecule has 0 aliphatic rings. The SMILES string of the molecule is CCCN(CCC)C(=O)c1csc(CSc2nnc(-c3cccnc3)n2-c2cc(Cl)ccc2C)n1. The van der Waals surface area contributed by atoms with Gasteiger partial charge in [-0.1, -0.05) is 43.3 Å². The monoisotopic (exact) mass is 526 g/mol. The quantitative estimate of drug-likeness (QED) is 0.226. The van der Waals surface area contributed by atoms with Crippen LogP contribution in [0.4, 0.5) is 0 Å². The average Bonchev–Trinajstić information content (AvgIpc) is 3.51. The third kappa shape index (κ3) is 5.91. The molecule has 0 N–H and O–H groups in total. The van der Waals surface area contributed by atoms with E-state index < -0.39 is 0 Å². The number of carbonyl (C=O) groups is 1. The number of amides is 1. The predicted octanol–water partition coefficient (Wildman–Crippen LogP) is 6.30. The number of hydrogen-bond acceptors (Lipinski definition) is 7. The number of thiazole rings is 1. The zero-order chi connectivity index (χ0) is 24.8. The zero-order valence-electron chi connectivity index (χ0n) is 19.9. The fourth-order valence-electron chi connectivity index (χ4n) is 3.70. The first-order valence-electron chi connectivity index (χ1n) is 11.5. The summed E-state index contributed by atoms with van der Waals surface area (Å²) >= 11 is 9.36. The van der Waals surface area contributed by atoms with E-state index in [0.717, 1.165) is 52.9 Å². The second-order valence-electron chi connectivity index (χ2n) is 8.02. The van der Waals surface area contributed by atoms with Crippen LogP contribution in [0.25, 0.3) is 17.1 Å². The lowest BCUT2D eigenvalue weighted by atomic mass is 10.2. The molecule has 7 nitrogen and oxygen atoms in total. The van der Waals surface area contributed by atoms with Crippen molar-refractivity contribution in [2.75, 3.05) is 13.1 Å². The van der Waals surface area contributed by atoms with E-state index in [1.807, 2.05) is 52.1 Å². The van der Waals surface area contributed by atoms with Crippen molar-refractivity contribution < 1.29 is 4.79 Å². The van der Waals surface area contributed by atoms with Crippen LogP contribution in [0.3, 0.4) is 0 Å². The summed E-state index contributed by atoms with van der Waals surface area (Å²) in [5.41, 5.74) is 3.33. The van der Waals surface area contributed by atoms with Crippen LogP contribution in [0, 0.1) is 6.92 Å². The first kappa shape index (κ1) is 25.3. The molecule has 3 heterocycles. The number of carbonyl (C=O) groups excluding carboxylic acids is 1. The summed E-state index contributed by atoms with van der Waals surface area (Å²) in [6.07, 6.45) is 5.35. The van der Waals surface area contributed by atoms with Gasteiger partial charge in [-0.25, -0.2) is 4.98 Å². The van der Waals surface area contributed by atoms with E-state index in [1.165, 1.54) is 23.1 Å². The van der Waals surface area contributed by atoms with E-state index >= 15 is 0 Å². The molecule has 0 spiro atoms. The molecule has 4 aromatic rings. The second kappa shape index (κ2) is 11.8. The molecule has 182 valence electrons. The number of halogens is 1. The summed E-state index contributed by atoms with van der Waals surface area (Å²) in [7, 11) is 0. The first-order chi connectivity index (χ1) is 17.0. The molecule has 1 aromatic carbocycles. The molecule has 3 aromatic heterocycles. The number of aryl methyl sites for hydroxylation is 1. The van der Waals surface area contributed by atoms with Crippen molar-refractivity contribution in [3.63, 3.8) is 0 Å². The molecular formula is C25H27ClN6OS2. The molecule has 0 atom stereocenters. The van der Waals surface area contributed by atoms with Crippen LogP contribution in [-0.2, 0) is 5.75 Å². The van der Waals surface area contributed by atoms with Crippen LogP contribution in [0.15, 0.2) is 53.3 Å². The Morgan fingerprint density at radius 2 is 1.97 bits per heavy atom. The highest BCUT2D eigenvalue weighted by molar-refractivity contribution is 7.98. The van der Waals surface area contributed by atoms with E-state index in [-0.39, 0.29) is 5.91 Å². The lowest BCUT2D eigenvalue weighted by Crippen LogP contribution is -2.32. The second-order valence-corrected chi connectivity index (χ2v) is 10.3. The van der Waals surface area contributed by atoms with E-state index in [0.29, 0.717) is 22.3 Å². The molecule has 0 saturated carbocycles. The first-order valence-corrected chi connectivity index (χ1v) is 13.7. The Hall–Kier alpha value is -2.75. The van der Waals surface area contributed by atoms with Gasteiger partial charge in [-0.2, -0.15) is 0 Å². The van der Waals surface area contributed by atoms with E-state index in [9.17, 15) is 4.79 Å². The topological polar surface area (TPSA) is 76.8 Å². The van der Waals surface area contributed by atoms with Gasteiger partial charge in [0.25, 0.3) is 5.91 Å². The van der Waals surface area contributed by atoms with Gasteiger partial charge >= 0.3 is 0 Å². The summed E-state index contributed by atoms with van der Waals surface area (Å²) in [5.74, 6) is 1.26. The Morgan fingerprint density at radius 1 is 1.17 bits per heavy atom. The van der Waals surface area contributed by atoms with Crippen molar-refractivity contribution in [1.29, 1.82) is 0 Å². The van der Waals surface area contributed by atoms with Gasteiger partial charge in [0.05, 0.1) is 11.4 Å². The third-order valence-corrected chi connectivity index (χ3v) is 7.54. The van der Waals surface area contributed by atoms with E-state index in [1.54, 1.807) is 12.4 Å². The van der Waals surface area contributed by atoms with Crippen molar-refractivity contribution in [3.05, 3.63) is 69.4 Å². The molecule has 0 fully saturated rings. The number of thioether (sulfide) groups is 1. The summed E-state index contributed by atoms with van der Waals surface area (Å²) in [5, 5.41) is 13.0. The molecule has 0 saturated heterocycles. The van der Waals surface area contributed by atoms with Gasteiger partial charge < -0.3 is 4.90 Å². The molecule has 10 heteroatoms. The molecule has 0 unspecified atom stereocenters. The fraction of sp³-hybridized carbons (Fsp3) is 0.320. The molecule has 0 radical (unpaired) electrons. The summed E-state index contributed by atoms with van der Waals surface area (Å²) in [6, 6.07) is 9.60. The average molecular weight is 527 g/mol. The summed E-state index contributed by atoms with van der Waals surface area (Å²) in [6.45, 7) is 7.68. The Balaban J connectivity index is 1.61. The van der Waals surface area contributed by atoms with Gasteiger partial charge in [0.2, 0.25) is 0 Å². The Morgan fingerprint density at radius 3 is 2.69 bits per heavy atom. The van der Waals surface area contributed by atoms with Crippen LogP contribution < -0.4 is 0 Å². The molecule has 4 rings (SSSR count). The van der Waals surface area contributed by atoms with Gasteiger partial charge in [0.15, 0.2) is 11.0 Å². The number of rotatable bonds is 10. The number of nitrogens with zero attached hydrogens (tertiary/aromatic N) is 6. The summed E-state index contributed by atoms with van der Waals surface area (Å²) < 4.78 is 2.01. The smallest absolute Gasteiger partial charge is 0.273 e. The van der Waals surface area contributed by atoms with Crippen LogP contribution in [0.1, 0.15) is 47.7 Å². The van der Waals surface area contributed by atoms with Crippen molar-refractivity contribution in [2.45, 2.75) is 44.5 Å². The van der Waals surface area contributed by atoms with Gasteiger partial charge in [0.1, 0.15) is 10.7 Å². The van der Waals surface area contributed by atoms with Crippen molar-refractivity contribution in [1.82, 2.24) is 29.6 Å². The maximum absolute atomic E-state index is 12.9. The Bertz CT molecular complexity index is 1280. The van der Waals surface area contributed by atoms with Crippen LogP contribution in [0.5, 0.6) is 0 Å². The minimum absolute atomic E-state index is 0.00205. The van der Waals surface area contributed by atoms with Crippen molar-refractivity contribution in [3.8, 4) is 17.1 Å². The largest absolute Gasteiger partial charge is 0.337 e. The highest BCUT2D eigenvalue weighted by atomic mass is 35.5. The van der Waals surface area contributed by atoms with Gasteiger partial charge in [-0.3, -0.25) is 14.3 Å². The number of pyridine rings is 1. The number of hydrogen-bond donors (Lipinski definition) is 0. The van der Waals surface area contributed by atoms with Crippen LogP contribution in [0.2, 0.25) is 5.02 Å². The normalized spacial score (nSPS) is 11.1. The molecule has 35 heavy (non-hydrogen) atoms. The van der Waals surface area contributed by atoms with Crippen molar-refractivity contribution in [2.24, 2.45) is 0 Å². The highest BCUT2D eigenvalue weighted by Gasteiger charge is 2.20. The molecule has 0 aliphatic carbocycles. The van der Waals surface area contributed by atoms with Gasteiger partial charge in [-0.15, -0.1) is 21.5 Å². The molecule has 1 amide bonds. The maximum atomic E-state index is 12.9. The Labute approximate surface area is 218 Å². The van der Waals surface area contributed by atoms with E-state index in [2.05, 4.69) is 34.0 Å². The van der Waals surface area contributed by atoms with Crippen molar-refractivity contribution >= 4 is 40.6 Å². The maximum Gasteiger partial charge on any atom is 0.273 e. The third-order valence-electron chi connectivity index (χ3n) is 5.34.